The molecule has 0 fully saturated rings. The number of rotatable bonds is 4. The van der Waals surface area contributed by atoms with E-state index in [9.17, 15) is 4.79 Å². The van der Waals surface area contributed by atoms with Crippen LogP contribution in [0, 0.1) is 5.92 Å². The van der Waals surface area contributed by atoms with Crippen LogP contribution in [0.3, 0.4) is 0 Å². The molecule has 2 radical (unpaired) electrons. The third-order valence-corrected chi connectivity index (χ3v) is 4.41. The Kier molecular flexibility index (Phi) is 6.07. The zero-order valence-corrected chi connectivity index (χ0v) is 15.9. The average Bonchev–Trinajstić information content (AvgIpc) is 2.84. The summed E-state index contributed by atoms with van der Waals surface area (Å²) in [6.07, 6.45) is 2.89. The molecule has 23 heavy (non-hydrogen) atoms. The highest BCUT2D eigenvalue weighted by Gasteiger charge is 2.42. The number of hydrogen-bond donors (Lipinski definition) is 0. The van der Waals surface area contributed by atoms with Crippen molar-refractivity contribution in [1.82, 2.24) is 15.0 Å². The van der Waals surface area contributed by atoms with E-state index in [1.165, 1.54) is 0 Å². The topological polar surface area (TPSA) is 57.0 Å². The summed E-state index contributed by atoms with van der Waals surface area (Å²) < 4.78 is 22.0. The van der Waals surface area contributed by atoms with Crippen LogP contribution in [0.4, 0.5) is 4.39 Å². The molecule has 0 aromatic carbocycles. The summed E-state index contributed by atoms with van der Waals surface area (Å²) in [5.74, 6) is -1.08. The molecule has 1 aromatic heterocycles. The number of carbonyl (C=O) groups is 1. The van der Waals surface area contributed by atoms with E-state index in [0.29, 0.717) is 12.8 Å². The van der Waals surface area contributed by atoms with E-state index in [1.807, 2.05) is 36.4 Å². The highest BCUT2D eigenvalue weighted by molar-refractivity contribution is 14.1. The number of alkyl halides is 2. The normalized spacial score (nSPS) is 26.3. The van der Waals surface area contributed by atoms with E-state index in [-0.39, 0.29) is 22.3 Å². The first kappa shape index (κ1) is 18.7. The van der Waals surface area contributed by atoms with Gasteiger partial charge in [0.2, 0.25) is 0 Å². The molecule has 0 aliphatic heterocycles. The van der Waals surface area contributed by atoms with Crippen molar-refractivity contribution in [2.75, 3.05) is 0 Å². The third-order valence-electron chi connectivity index (χ3n) is 4.16. The smallest absolute Gasteiger partial charge is 0.307 e. The van der Waals surface area contributed by atoms with Crippen LogP contribution in [-0.4, -0.2) is 32.9 Å². The van der Waals surface area contributed by atoms with Crippen LogP contribution in [0.2, 0.25) is 0 Å². The number of halogens is 2. The average molecular weight is 433 g/mol. The lowest BCUT2D eigenvalue weighted by molar-refractivity contribution is -0.146. The molecule has 0 amide bonds. The molecule has 0 N–H and O–H groups in total. The monoisotopic (exact) mass is 433 g/mol. The van der Waals surface area contributed by atoms with E-state index < -0.39 is 17.5 Å². The zero-order valence-electron chi connectivity index (χ0n) is 13.8. The minimum atomic E-state index is -2.17. The second-order valence-electron chi connectivity index (χ2n) is 6.37. The summed E-state index contributed by atoms with van der Waals surface area (Å²) in [6.45, 7) is 5.70. The lowest BCUT2D eigenvalue weighted by atomic mass is 9.66. The van der Waals surface area contributed by atoms with Crippen molar-refractivity contribution in [3.63, 3.8) is 0 Å². The van der Waals surface area contributed by atoms with Crippen LogP contribution in [0.15, 0.2) is 0 Å². The fourth-order valence-corrected chi connectivity index (χ4v) is 3.31. The number of aromatic nitrogens is 3. The number of ether oxygens (including phenoxy) is 1. The molecule has 1 heterocycles. The van der Waals surface area contributed by atoms with Gasteiger partial charge in [-0.25, -0.2) is 9.07 Å². The molecule has 1 aliphatic carbocycles. The van der Waals surface area contributed by atoms with Crippen molar-refractivity contribution in [1.29, 1.82) is 0 Å². The Morgan fingerprint density at radius 1 is 1.52 bits per heavy atom. The fourth-order valence-electron chi connectivity index (χ4n) is 3.03. The second kappa shape index (κ2) is 7.48. The maximum Gasteiger partial charge on any atom is 0.307 e. The molecule has 3 atom stereocenters. The number of fused-ring (bicyclic) bond motifs is 1. The van der Waals surface area contributed by atoms with Gasteiger partial charge in [-0.05, 0) is 62.6 Å². The van der Waals surface area contributed by atoms with E-state index >= 15 is 4.39 Å². The highest BCUT2D eigenvalue weighted by atomic mass is 127. The Morgan fingerprint density at radius 3 is 2.83 bits per heavy atom. The molecule has 0 saturated heterocycles. The Bertz CT molecular complexity index is 563. The van der Waals surface area contributed by atoms with Gasteiger partial charge in [0.05, 0.1) is 12.1 Å². The van der Waals surface area contributed by atoms with Crippen molar-refractivity contribution >= 4 is 36.4 Å². The maximum atomic E-state index is 15.4. The van der Waals surface area contributed by atoms with Crippen molar-refractivity contribution in [2.45, 2.75) is 68.6 Å². The summed E-state index contributed by atoms with van der Waals surface area (Å²) in [7, 11) is 6.00. The lowest BCUT2D eigenvalue weighted by Gasteiger charge is -2.32. The molecule has 5 nitrogen and oxygen atoms in total. The fraction of sp³-hybridized carbons (Fsp3) is 0.800. The lowest BCUT2D eigenvalue weighted by Crippen LogP contribution is -2.36. The molecule has 1 aliphatic rings. The van der Waals surface area contributed by atoms with Gasteiger partial charge in [0.1, 0.15) is 23.2 Å². The first-order chi connectivity index (χ1) is 10.7. The van der Waals surface area contributed by atoms with Crippen LogP contribution >= 0.6 is 22.6 Å². The van der Waals surface area contributed by atoms with Gasteiger partial charge in [-0.1, -0.05) is 11.6 Å². The molecule has 2 rings (SSSR count). The van der Waals surface area contributed by atoms with Crippen LogP contribution in [-0.2, 0) is 21.5 Å². The van der Waals surface area contributed by atoms with Gasteiger partial charge in [-0.3, -0.25) is 4.79 Å². The van der Waals surface area contributed by atoms with Gasteiger partial charge in [-0.2, -0.15) is 0 Å². The molecular formula is C15H22BFIN3O2. The molecule has 126 valence electrons. The molecule has 0 saturated carbocycles. The summed E-state index contributed by atoms with van der Waals surface area (Å²) >= 11 is 1.99. The van der Waals surface area contributed by atoms with Crippen molar-refractivity contribution in [3.8, 4) is 0 Å². The largest absolute Gasteiger partial charge is 0.452 e. The Balaban J connectivity index is 2.30. The minimum Gasteiger partial charge on any atom is -0.452 e. The third kappa shape index (κ3) is 4.25. The predicted octanol–water partition coefficient (Wildman–Crippen LogP) is 3.21. The predicted molar refractivity (Wildman–Crippen MR) is 94.2 cm³/mol. The molecular weight excluding hydrogens is 411 g/mol. The first-order valence-corrected chi connectivity index (χ1v) is 9.24. The van der Waals surface area contributed by atoms with Gasteiger partial charge in [0.25, 0.3) is 0 Å². The van der Waals surface area contributed by atoms with Gasteiger partial charge in [-0.15, -0.1) is 5.10 Å². The quantitative estimate of drug-likeness (QED) is 0.317. The van der Waals surface area contributed by atoms with E-state index in [4.69, 9.17) is 12.6 Å². The minimum absolute atomic E-state index is 0.0473. The van der Waals surface area contributed by atoms with Crippen LogP contribution in [0.25, 0.3) is 0 Å². The molecule has 1 aromatic rings. The number of nitrogens with zero attached hydrogens (tertiary/aromatic N) is 3. The van der Waals surface area contributed by atoms with E-state index in [1.54, 1.807) is 11.6 Å². The van der Waals surface area contributed by atoms with Gasteiger partial charge in [0, 0.05) is 12.0 Å². The standard InChI is InChI=1S/C15H22BFIN3O2/c1-9(2)21-12-7-5-4-6-11(8-13(22)23-10(3)18)15(16,17)14(12)19-20-21/h9-11H,4-8H2,1-3H3. The summed E-state index contributed by atoms with van der Waals surface area (Å²) in [5.41, 5.74) is -1.26. The summed E-state index contributed by atoms with van der Waals surface area (Å²) in [6, 6.07) is 0.0877. The van der Waals surface area contributed by atoms with Crippen LogP contribution in [0.1, 0.15) is 63.9 Å². The van der Waals surface area contributed by atoms with Gasteiger partial charge < -0.3 is 4.74 Å². The van der Waals surface area contributed by atoms with Crippen LogP contribution in [0.5, 0.6) is 0 Å². The molecule has 0 spiro atoms. The van der Waals surface area contributed by atoms with Crippen molar-refractivity contribution in [3.05, 3.63) is 11.4 Å². The maximum absolute atomic E-state index is 15.4. The first-order valence-electron chi connectivity index (χ1n) is 7.99. The molecule has 3 unspecified atom stereocenters. The van der Waals surface area contributed by atoms with Crippen molar-refractivity contribution < 1.29 is 13.9 Å². The Hall–Kier alpha value is -0.665. The van der Waals surface area contributed by atoms with Gasteiger partial charge >= 0.3 is 5.97 Å². The Labute approximate surface area is 151 Å². The van der Waals surface area contributed by atoms with Crippen molar-refractivity contribution in [2.24, 2.45) is 5.92 Å². The summed E-state index contributed by atoms with van der Waals surface area (Å²) in [5, 5.41) is 8.08. The molecule has 0 bridgehead atoms. The summed E-state index contributed by atoms with van der Waals surface area (Å²) in [4.78, 5) is 11.9. The van der Waals surface area contributed by atoms with Gasteiger partial charge in [0.15, 0.2) is 0 Å². The Morgan fingerprint density at radius 2 is 2.22 bits per heavy atom. The van der Waals surface area contributed by atoms with E-state index in [2.05, 4.69) is 10.3 Å². The van der Waals surface area contributed by atoms with E-state index in [0.717, 1.165) is 18.5 Å². The SMILES string of the molecule is [B]C1(F)c2nnn(C(C)C)c2CCCCC1CC(=O)OC(C)I. The highest BCUT2D eigenvalue weighted by Crippen LogP contribution is 2.40. The molecule has 8 heteroatoms. The second-order valence-corrected chi connectivity index (χ2v) is 8.12. The number of carbonyl (C=O) groups excluding carboxylic acids is 1. The number of esters is 1. The number of hydrogen-bond acceptors (Lipinski definition) is 4. The van der Waals surface area contributed by atoms with Crippen LogP contribution < -0.4 is 0 Å². The zero-order chi connectivity index (χ0) is 17.2.